The van der Waals surface area contributed by atoms with Gasteiger partial charge in [0, 0.05) is 6.42 Å². The molecule has 0 aliphatic heterocycles. The summed E-state index contributed by atoms with van der Waals surface area (Å²) < 4.78 is 9.46. The largest absolute Gasteiger partial charge is 0.464 e. The second-order valence-corrected chi connectivity index (χ2v) is 3.52. The molecule has 0 aliphatic carbocycles. The lowest BCUT2D eigenvalue weighted by Crippen LogP contribution is -2.31. The van der Waals surface area contributed by atoms with Crippen LogP contribution in [0.25, 0.3) is 0 Å². The van der Waals surface area contributed by atoms with Crippen LogP contribution in [0.5, 0.6) is 0 Å². The van der Waals surface area contributed by atoms with Crippen LogP contribution in [-0.2, 0) is 19.1 Å². The number of aliphatic hydroxyl groups is 2. The molecule has 0 aromatic rings. The first-order valence-electron chi connectivity index (χ1n) is 4.50. The lowest BCUT2D eigenvalue weighted by molar-refractivity contribution is -0.162. The molecule has 0 aromatic carbocycles. The van der Waals surface area contributed by atoms with E-state index in [9.17, 15) is 9.59 Å². The van der Waals surface area contributed by atoms with E-state index in [1.807, 2.05) is 0 Å². The minimum Gasteiger partial charge on any atom is -0.464 e. The Morgan fingerprint density at radius 3 is 2.13 bits per heavy atom. The van der Waals surface area contributed by atoms with Crippen molar-refractivity contribution in [2.24, 2.45) is 0 Å². The van der Waals surface area contributed by atoms with Crippen molar-refractivity contribution in [3.8, 4) is 0 Å². The predicted molar refractivity (Wildman–Crippen MR) is 49.9 cm³/mol. The van der Waals surface area contributed by atoms with Gasteiger partial charge in [0.2, 0.25) is 0 Å². The number of ether oxygens (including phenoxy) is 2. The van der Waals surface area contributed by atoms with E-state index >= 15 is 0 Å². The maximum Gasteiger partial charge on any atom is 0.332 e. The summed E-state index contributed by atoms with van der Waals surface area (Å²) in [5.74, 6) is -1.45. The molecule has 0 fully saturated rings. The highest BCUT2D eigenvalue weighted by atomic mass is 16.6. The third-order valence-corrected chi connectivity index (χ3v) is 1.62. The van der Waals surface area contributed by atoms with E-state index in [1.54, 1.807) is 13.8 Å². The van der Waals surface area contributed by atoms with Crippen molar-refractivity contribution in [3.05, 3.63) is 0 Å². The van der Waals surface area contributed by atoms with Gasteiger partial charge in [0.05, 0.1) is 6.61 Å². The van der Waals surface area contributed by atoms with E-state index in [4.69, 9.17) is 14.9 Å². The summed E-state index contributed by atoms with van der Waals surface area (Å²) in [6.07, 6.45) is 0.296. The van der Waals surface area contributed by atoms with Crippen molar-refractivity contribution >= 4 is 11.9 Å². The SMILES string of the molecule is CC(C)(CCOC(=O)CO)OC(=O)CO. The van der Waals surface area contributed by atoms with Crippen molar-refractivity contribution < 1.29 is 29.3 Å². The van der Waals surface area contributed by atoms with Crippen LogP contribution in [0.15, 0.2) is 0 Å². The molecule has 0 unspecified atom stereocenters. The van der Waals surface area contributed by atoms with Crippen molar-refractivity contribution in [1.29, 1.82) is 0 Å². The first kappa shape index (κ1) is 13.9. The van der Waals surface area contributed by atoms with Gasteiger partial charge in [-0.05, 0) is 13.8 Å². The highest BCUT2D eigenvalue weighted by Crippen LogP contribution is 2.14. The second-order valence-electron chi connectivity index (χ2n) is 3.52. The highest BCUT2D eigenvalue weighted by molar-refractivity contribution is 5.71. The Hall–Kier alpha value is -1.14. The summed E-state index contributed by atoms with van der Waals surface area (Å²) in [7, 11) is 0. The van der Waals surface area contributed by atoms with E-state index in [1.165, 1.54) is 0 Å². The minimum atomic E-state index is -0.810. The van der Waals surface area contributed by atoms with Gasteiger partial charge in [0.25, 0.3) is 0 Å². The normalized spacial score (nSPS) is 10.9. The molecule has 88 valence electrons. The minimum absolute atomic E-state index is 0.0467. The lowest BCUT2D eigenvalue weighted by atomic mass is 10.1. The van der Waals surface area contributed by atoms with Gasteiger partial charge in [-0.2, -0.15) is 0 Å². The summed E-state index contributed by atoms with van der Waals surface area (Å²) in [5.41, 5.74) is -0.810. The number of hydrogen-bond acceptors (Lipinski definition) is 6. The molecular weight excluding hydrogens is 204 g/mol. The summed E-state index contributed by atoms with van der Waals surface area (Å²) in [4.78, 5) is 21.3. The molecule has 0 aromatic heterocycles. The average molecular weight is 220 g/mol. The third kappa shape index (κ3) is 6.87. The quantitative estimate of drug-likeness (QED) is 0.571. The summed E-state index contributed by atoms with van der Waals surface area (Å²) in [6.45, 7) is 1.96. The molecule has 0 spiro atoms. The molecule has 6 heteroatoms. The first-order valence-corrected chi connectivity index (χ1v) is 4.50. The summed E-state index contributed by atoms with van der Waals surface area (Å²) in [6, 6.07) is 0. The fourth-order valence-corrected chi connectivity index (χ4v) is 0.848. The van der Waals surface area contributed by atoms with Crippen molar-refractivity contribution in [2.45, 2.75) is 25.9 Å². The number of carbonyl (C=O) groups excluding carboxylic acids is 2. The Morgan fingerprint density at radius 1 is 1.13 bits per heavy atom. The van der Waals surface area contributed by atoms with Gasteiger partial charge in [-0.25, -0.2) is 9.59 Å². The maximum absolute atomic E-state index is 10.8. The average Bonchev–Trinajstić information content (AvgIpc) is 2.16. The highest BCUT2D eigenvalue weighted by Gasteiger charge is 2.22. The fraction of sp³-hybridized carbons (Fsp3) is 0.778. The standard InChI is InChI=1S/C9H16O6/c1-9(2,15-8(13)6-11)3-4-14-7(12)5-10/h10-11H,3-6H2,1-2H3. The molecule has 2 N–H and O–H groups in total. The number of carbonyl (C=O) groups is 2. The van der Waals surface area contributed by atoms with E-state index < -0.39 is 30.8 Å². The first-order chi connectivity index (χ1) is 6.91. The van der Waals surface area contributed by atoms with Gasteiger partial charge in [-0.15, -0.1) is 0 Å². The Morgan fingerprint density at radius 2 is 1.67 bits per heavy atom. The number of rotatable bonds is 6. The van der Waals surface area contributed by atoms with Crippen LogP contribution in [0.2, 0.25) is 0 Å². The number of hydrogen-bond donors (Lipinski definition) is 2. The Bertz CT molecular complexity index is 223. The van der Waals surface area contributed by atoms with Crippen molar-refractivity contribution in [3.63, 3.8) is 0 Å². The molecule has 0 bridgehead atoms. The molecule has 6 nitrogen and oxygen atoms in total. The molecule has 0 amide bonds. The zero-order valence-electron chi connectivity index (χ0n) is 8.86. The zero-order valence-corrected chi connectivity index (χ0v) is 8.86. The van der Waals surface area contributed by atoms with E-state index in [0.717, 1.165) is 0 Å². The molecule has 0 aliphatic rings. The van der Waals surface area contributed by atoms with Gasteiger partial charge >= 0.3 is 11.9 Å². The molecule has 0 rings (SSSR count). The molecule has 0 atom stereocenters. The molecule has 15 heavy (non-hydrogen) atoms. The van der Waals surface area contributed by atoms with Crippen LogP contribution >= 0.6 is 0 Å². The van der Waals surface area contributed by atoms with E-state index in [-0.39, 0.29) is 6.61 Å². The summed E-state index contributed by atoms with van der Waals surface area (Å²) in [5, 5.41) is 16.8. The lowest BCUT2D eigenvalue weighted by Gasteiger charge is -2.24. The fourth-order valence-electron chi connectivity index (χ4n) is 0.848. The van der Waals surface area contributed by atoms with Crippen LogP contribution in [-0.4, -0.2) is 47.6 Å². The van der Waals surface area contributed by atoms with Crippen LogP contribution in [0, 0.1) is 0 Å². The summed E-state index contributed by atoms with van der Waals surface area (Å²) >= 11 is 0. The third-order valence-electron chi connectivity index (χ3n) is 1.62. The molecule has 0 saturated heterocycles. The monoisotopic (exact) mass is 220 g/mol. The van der Waals surface area contributed by atoms with Crippen molar-refractivity contribution in [1.82, 2.24) is 0 Å². The van der Waals surface area contributed by atoms with Crippen LogP contribution in [0.1, 0.15) is 20.3 Å². The molecule has 0 radical (unpaired) electrons. The van der Waals surface area contributed by atoms with E-state index in [2.05, 4.69) is 4.74 Å². The van der Waals surface area contributed by atoms with Gasteiger partial charge < -0.3 is 19.7 Å². The van der Waals surface area contributed by atoms with Crippen LogP contribution in [0.4, 0.5) is 0 Å². The second kappa shape index (κ2) is 6.36. The predicted octanol–water partition coefficient (Wildman–Crippen LogP) is -0.774. The van der Waals surface area contributed by atoms with Crippen molar-refractivity contribution in [2.75, 3.05) is 19.8 Å². The van der Waals surface area contributed by atoms with Gasteiger partial charge in [-0.1, -0.05) is 0 Å². The van der Waals surface area contributed by atoms with E-state index in [0.29, 0.717) is 6.42 Å². The van der Waals surface area contributed by atoms with Gasteiger partial charge in [-0.3, -0.25) is 0 Å². The van der Waals surface area contributed by atoms with Crippen LogP contribution < -0.4 is 0 Å². The molecule has 0 heterocycles. The topological polar surface area (TPSA) is 93.1 Å². The zero-order chi connectivity index (χ0) is 11.9. The molecule has 0 saturated carbocycles. The smallest absolute Gasteiger partial charge is 0.332 e. The van der Waals surface area contributed by atoms with Gasteiger partial charge in [0.1, 0.15) is 18.8 Å². The maximum atomic E-state index is 10.8. The number of esters is 2. The number of aliphatic hydroxyl groups excluding tert-OH is 2. The molecular formula is C9H16O6. The Balaban J connectivity index is 3.83. The van der Waals surface area contributed by atoms with Crippen LogP contribution in [0.3, 0.4) is 0 Å². The van der Waals surface area contributed by atoms with Gasteiger partial charge in [0.15, 0.2) is 0 Å². The Kier molecular flexibility index (Phi) is 5.88. The Labute approximate surface area is 87.8 Å².